The Kier molecular flexibility index (Phi) is 4.23. The summed E-state index contributed by atoms with van der Waals surface area (Å²) in [6, 6.07) is 0. The molecule has 1 nitrogen and oxygen atoms in total. The lowest BCUT2D eigenvalue weighted by Gasteiger charge is -1.80. The lowest BCUT2D eigenvalue weighted by atomic mass is 10.3. The van der Waals surface area contributed by atoms with Crippen LogP contribution in [0.15, 0.2) is 12.2 Å². The van der Waals surface area contributed by atoms with E-state index >= 15 is 0 Å². The Bertz CT molecular complexity index is 92.6. The van der Waals surface area contributed by atoms with Gasteiger partial charge in [0.15, 0.2) is 5.78 Å². The molecule has 1 heteroatoms. The Hall–Kier alpha value is -0.590. The Morgan fingerprint density at radius 2 is 2.12 bits per heavy atom. The summed E-state index contributed by atoms with van der Waals surface area (Å²) in [5.74, 6) is 0.215. The second-order valence-electron chi connectivity index (χ2n) is 1.63. The van der Waals surface area contributed by atoms with Gasteiger partial charge in [0.1, 0.15) is 0 Å². The molecule has 0 N–H and O–H groups in total. The van der Waals surface area contributed by atoms with Crippen LogP contribution in [0.4, 0.5) is 0 Å². The van der Waals surface area contributed by atoms with Gasteiger partial charge in [0.25, 0.3) is 0 Å². The second kappa shape index (κ2) is 4.57. The maximum Gasteiger partial charge on any atom is 0.155 e. The summed E-state index contributed by atoms with van der Waals surface area (Å²) in [4.78, 5) is 10.5. The molecule has 0 aromatic rings. The minimum Gasteiger partial charge on any atom is -0.295 e. The molecule has 0 rings (SSSR count). The van der Waals surface area contributed by atoms with Gasteiger partial charge in [-0.15, -0.1) is 0 Å². The molecule has 0 aliphatic rings. The van der Waals surface area contributed by atoms with E-state index in [0.29, 0.717) is 6.42 Å². The van der Waals surface area contributed by atoms with E-state index in [-0.39, 0.29) is 5.78 Å². The zero-order valence-electron chi connectivity index (χ0n) is 5.48. The number of hydrogen-bond acceptors (Lipinski definition) is 1. The van der Waals surface area contributed by atoms with Crippen molar-refractivity contribution >= 4 is 5.78 Å². The van der Waals surface area contributed by atoms with Crippen molar-refractivity contribution in [2.24, 2.45) is 0 Å². The van der Waals surface area contributed by atoms with Gasteiger partial charge in [-0.2, -0.15) is 0 Å². The molecule has 46 valence electrons. The zero-order valence-corrected chi connectivity index (χ0v) is 5.48. The lowest BCUT2D eigenvalue weighted by Crippen LogP contribution is -1.85. The first-order valence-electron chi connectivity index (χ1n) is 3.00. The van der Waals surface area contributed by atoms with Gasteiger partial charge in [0, 0.05) is 6.42 Å². The molecule has 0 saturated carbocycles. The SMILES string of the molecule is CCC=CC(=O)CC. The van der Waals surface area contributed by atoms with Gasteiger partial charge in [0.05, 0.1) is 0 Å². The minimum atomic E-state index is 0.215. The molecule has 0 aromatic carbocycles. The van der Waals surface area contributed by atoms with Crippen molar-refractivity contribution in [3.63, 3.8) is 0 Å². The van der Waals surface area contributed by atoms with Crippen LogP contribution in [0.1, 0.15) is 26.7 Å². The maximum absolute atomic E-state index is 10.5. The second-order valence-corrected chi connectivity index (χ2v) is 1.63. The molecule has 0 spiro atoms. The van der Waals surface area contributed by atoms with E-state index in [1.54, 1.807) is 6.08 Å². The highest BCUT2D eigenvalue weighted by Crippen LogP contribution is 1.84. The van der Waals surface area contributed by atoms with E-state index in [1.165, 1.54) is 0 Å². The molecular formula is C7H12O. The summed E-state index contributed by atoms with van der Waals surface area (Å²) in [5.41, 5.74) is 0. The third-order valence-electron chi connectivity index (χ3n) is 0.888. The van der Waals surface area contributed by atoms with Crippen LogP contribution >= 0.6 is 0 Å². The van der Waals surface area contributed by atoms with Gasteiger partial charge in [-0.25, -0.2) is 0 Å². The first kappa shape index (κ1) is 7.41. The smallest absolute Gasteiger partial charge is 0.155 e. The van der Waals surface area contributed by atoms with E-state index in [2.05, 4.69) is 0 Å². The summed E-state index contributed by atoms with van der Waals surface area (Å²) >= 11 is 0. The average Bonchev–Trinajstić information content (AvgIpc) is 1.83. The molecule has 0 aliphatic heterocycles. The van der Waals surface area contributed by atoms with E-state index in [1.807, 2.05) is 19.9 Å². The Labute approximate surface area is 50.4 Å². The lowest BCUT2D eigenvalue weighted by molar-refractivity contribution is -0.114. The average molecular weight is 112 g/mol. The third kappa shape index (κ3) is 3.59. The van der Waals surface area contributed by atoms with Crippen LogP contribution in [0.2, 0.25) is 0 Å². The van der Waals surface area contributed by atoms with Crippen LogP contribution in [0.5, 0.6) is 0 Å². The summed E-state index contributed by atoms with van der Waals surface area (Å²) in [7, 11) is 0. The normalized spacial score (nSPS) is 10.2. The molecule has 0 aromatic heterocycles. The van der Waals surface area contributed by atoms with Crippen LogP contribution in [0.25, 0.3) is 0 Å². The summed E-state index contributed by atoms with van der Waals surface area (Å²) in [5, 5.41) is 0. The van der Waals surface area contributed by atoms with Crippen molar-refractivity contribution < 1.29 is 4.79 Å². The maximum atomic E-state index is 10.5. The topological polar surface area (TPSA) is 17.1 Å². The Morgan fingerprint density at radius 1 is 1.50 bits per heavy atom. The van der Waals surface area contributed by atoms with Crippen molar-refractivity contribution in [1.82, 2.24) is 0 Å². The number of carbonyl (C=O) groups is 1. The van der Waals surface area contributed by atoms with Crippen molar-refractivity contribution in [2.45, 2.75) is 26.7 Å². The zero-order chi connectivity index (χ0) is 6.41. The largest absolute Gasteiger partial charge is 0.295 e. The predicted octanol–water partition coefficient (Wildman–Crippen LogP) is 1.93. The quantitative estimate of drug-likeness (QED) is 0.510. The molecule has 0 heterocycles. The Balaban J connectivity index is 3.37. The summed E-state index contributed by atoms with van der Waals surface area (Å²) in [6.07, 6.45) is 5.09. The van der Waals surface area contributed by atoms with Gasteiger partial charge >= 0.3 is 0 Å². The molecule has 0 aliphatic carbocycles. The fourth-order valence-electron chi connectivity index (χ4n) is 0.367. The highest BCUT2D eigenvalue weighted by atomic mass is 16.1. The van der Waals surface area contributed by atoms with Crippen molar-refractivity contribution in [3.8, 4) is 0 Å². The molecular weight excluding hydrogens is 100 g/mol. The molecule has 0 unspecified atom stereocenters. The van der Waals surface area contributed by atoms with E-state index in [9.17, 15) is 4.79 Å². The molecule has 0 fully saturated rings. The van der Waals surface area contributed by atoms with Gasteiger partial charge in [-0.05, 0) is 12.5 Å². The molecule has 0 amide bonds. The van der Waals surface area contributed by atoms with Crippen LogP contribution < -0.4 is 0 Å². The number of carbonyl (C=O) groups excluding carboxylic acids is 1. The molecule has 0 bridgehead atoms. The Morgan fingerprint density at radius 3 is 2.50 bits per heavy atom. The monoisotopic (exact) mass is 112 g/mol. The van der Waals surface area contributed by atoms with Crippen molar-refractivity contribution in [1.29, 1.82) is 0 Å². The molecule has 0 saturated heterocycles. The number of allylic oxidation sites excluding steroid dienone is 2. The standard InChI is InChI=1S/C7H12O/c1-3-5-6-7(8)4-2/h5-6H,3-4H2,1-2H3. The van der Waals surface area contributed by atoms with E-state index < -0.39 is 0 Å². The van der Waals surface area contributed by atoms with Crippen molar-refractivity contribution in [2.75, 3.05) is 0 Å². The van der Waals surface area contributed by atoms with Gasteiger partial charge < -0.3 is 0 Å². The molecule has 8 heavy (non-hydrogen) atoms. The van der Waals surface area contributed by atoms with Crippen molar-refractivity contribution in [3.05, 3.63) is 12.2 Å². The third-order valence-corrected chi connectivity index (χ3v) is 0.888. The van der Waals surface area contributed by atoms with Crippen LogP contribution in [-0.2, 0) is 4.79 Å². The fraction of sp³-hybridized carbons (Fsp3) is 0.571. The van der Waals surface area contributed by atoms with Crippen LogP contribution in [0, 0.1) is 0 Å². The highest BCUT2D eigenvalue weighted by Gasteiger charge is 1.85. The summed E-state index contributed by atoms with van der Waals surface area (Å²) < 4.78 is 0. The fourth-order valence-corrected chi connectivity index (χ4v) is 0.367. The van der Waals surface area contributed by atoms with Gasteiger partial charge in [-0.1, -0.05) is 19.9 Å². The highest BCUT2D eigenvalue weighted by molar-refractivity contribution is 5.89. The minimum absolute atomic E-state index is 0.215. The van der Waals surface area contributed by atoms with Crippen LogP contribution in [0.3, 0.4) is 0 Å². The molecule has 0 atom stereocenters. The number of ketones is 1. The van der Waals surface area contributed by atoms with E-state index in [0.717, 1.165) is 6.42 Å². The molecule has 0 radical (unpaired) electrons. The number of rotatable bonds is 3. The van der Waals surface area contributed by atoms with Gasteiger partial charge in [-0.3, -0.25) is 4.79 Å². The van der Waals surface area contributed by atoms with Gasteiger partial charge in [0.2, 0.25) is 0 Å². The van der Waals surface area contributed by atoms with Crippen LogP contribution in [-0.4, -0.2) is 5.78 Å². The predicted molar refractivity (Wildman–Crippen MR) is 34.7 cm³/mol. The first-order chi connectivity index (χ1) is 3.81. The first-order valence-corrected chi connectivity index (χ1v) is 3.00. The number of hydrogen-bond donors (Lipinski definition) is 0. The van der Waals surface area contributed by atoms with E-state index in [4.69, 9.17) is 0 Å². The summed E-state index contributed by atoms with van der Waals surface area (Å²) in [6.45, 7) is 3.88.